The molecule has 0 atom stereocenters. The number of nitrogens with zero attached hydrogens (tertiary/aromatic N) is 5. The Bertz CT molecular complexity index is 1810. The molecule has 2 aliphatic heterocycles. The maximum absolute atomic E-state index is 15.8. The number of piperidine rings is 1. The van der Waals surface area contributed by atoms with E-state index in [1.807, 2.05) is 4.90 Å². The van der Waals surface area contributed by atoms with Crippen molar-refractivity contribution in [1.82, 2.24) is 20.3 Å². The van der Waals surface area contributed by atoms with Crippen LogP contribution in [0.25, 0.3) is 11.1 Å². The van der Waals surface area contributed by atoms with Crippen LogP contribution in [-0.4, -0.2) is 64.3 Å². The van der Waals surface area contributed by atoms with Gasteiger partial charge in [0.15, 0.2) is 0 Å². The van der Waals surface area contributed by atoms with Crippen LogP contribution < -0.4 is 16.0 Å². The maximum Gasteiger partial charge on any atom is 0.433 e. The Balaban J connectivity index is 1.31. The van der Waals surface area contributed by atoms with Crippen LogP contribution in [0.15, 0.2) is 29.3 Å². The molecule has 2 amide bonds. The molecule has 10 nitrogen and oxygen atoms in total. The molecule has 16 heteroatoms. The predicted molar refractivity (Wildman–Crippen MR) is 166 cm³/mol. The van der Waals surface area contributed by atoms with E-state index in [-0.39, 0.29) is 61.2 Å². The molecule has 260 valence electrons. The van der Waals surface area contributed by atoms with Gasteiger partial charge >= 0.3 is 6.18 Å². The van der Waals surface area contributed by atoms with Gasteiger partial charge in [0.2, 0.25) is 5.91 Å². The number of benzene rings is 1. The Kier molecular flexibility index (Phi) is 9.11. The first kappa shape index (κ1) is 34.3. The number of hydrogen-bond donors (Lipinski definition) is 2. The third-order valence-electron chi connectivity index (χ3n) is 8.95. The van der Waals surface area contributed by atoms with Crippen molar-refractivity contribution in [1.29, 1.82) is 0 Å². The molecule has 1 aromatic carbocycles. The lowest BCUT2D eigenvalue weighted by atomic mass is 9.87. The van der Waals surface area contributed by atoms with Gasteiger partial charge in [-0.3, -0.25) is 14.6 Å². The summed E-state index contributed by atoms with van der Waals surface area (Å²) in [6, 6.07) is 5.11. The second-order valence-corrected chi connectivity index (χ2v) is 12.5. The average Bonchev–Trinajstić information content (AvgIpc) is 3.81. The van der Waals surface area contributed by atoms with Crippen LogP contribution >= 0.6 is 0 Å². The second kappa shape index (κ2) is 13.0. The lowest BCUT2D eigenvalue weighted by Crippen LogP contribution is -2.49. The summed E-state index contributed by atoms with van der Waals surface area (Å²) in [5.41, 5.74) is 5.97. The van der Waals surface area contributed by atoms with Crippen molar-refractivity contribution in [3.05, 3.63) is 69.8 Å². The topological polar surface area (TPSA) is 136 Å². The number of ether oxygens (including phenoxy) is 1. The van der Waals surface area contributed by atoms with E-state index in [1.165, 1.54) is 12.1 Å². The molecule has 1 saturated heterocycles. The molecule has 0 unspecified atom stereocenters. The van der Waals surface area contributed by atoms with Gasteiger partial charge in [0.1, 0.15) is 35.3 Å². The van der Waals surface area contributed by atoms with Gasteiger partial charge in [-0.05, 0) is 69.4 Å². The molecule has 3 N–H and O–H groups in total. The molecule has 49 heavy (non-hydrogen) atoms. The molecule has 3 aromatic rings. The lowest BCUT2D eigenvalue weighted by Gasteiger charge is -2.38. The highest BCUT2D eigenvalue weighted by atomic mass is 19.4. The molecule has 4 heterocycles. The standard InChI is InChI=1S/C33H33F6N7O3/c1-16-28(17(2)42-27(41-16)13-26(40)47)19-11-22(34)21(14-49-15-25(35)36)23(12-19)46-9-7-32(8-10-46)31(48)44-30(45-32)20-5-6-24(33(37,38)39)43-29(20)18-3-4-18/h5-6,11-12,18,25H,3-4,7-10,13-15H2,1-2H3,(H2,40,47)(H,44,45,48). The van der Waals surface area contributed by atoms with Gasteiger partial charge in [-0.25, -0.2) is 28.1 Å². The minimum absolute atomic E-state index is 0.0480. The summed E-state index contributed by atoms with van der Waals surface area (Å²) in [4.78, 5) is 44.0. The highest BCUT2D eigenvalue weighted by Gasteiger charge is 2.47. The quantitative estimate of drug-likeness (QED) is 0.289. The summed E-state index contributed by atoms with van der Waals surface area (Å²) in [5, 5.41) is 2.76. The number of rotatable bonds is 10. The number of primary amides is 1. The second-order valence-electron chi connectivity index (χ2n) is 12.5. The number of aliphatic imine (C=N–C) groups is 1. The van der Waals surface area contributed by atoms with Crippen LogP contribution in [0.4, 0.5) is 32.0 Å². The summed E-state index contributed by atoms with van der Waals surface area (Å²) >= 11 is 0. The van der Waals surface area contributed by atoms with Crippen molar-refractivity contribution in [3.8, 4) is 11.1 Å². The molecule has 1 spiro atoms. The van der Waals surface area contributed by atoms with Gasteiger partial charge in [0.05, 0.1) is 18.7 Å². The Morgan fingerprint density at radius 3 is 2.37 bits per heavy atom. The van der Waals surface area contributed by atoms with E-state index in [0.29, 0.717) is 46.6 Å². The number of carbonyl (C=O) groups is 2. The van der Waals surface area contributed by atoms with Crippen LogP contribution in [0.2, 0.25) is 0 Å². The number of alkyl halides is 5. The van der Waals surface area contributed by atoms with Crippen molar-refractivity contribution in [2.75, 3.05) is 24.6 Å². The largest absolute Gasteiger partial charge is 0.433 e. The molecule has 1 saturated carbocycles. The molecule has 3 aliphatic rings. The normalized spacial score (nSPS) is 17.5. The fourth-order valence-electron chi connectivity index (χ4n) is 6.48. The lowest BCUT2D eigenvalue weighted by molar-refractivity contribution is -0.141. The van der Waals surface area contributed by atoms with Crippen LogP contribution in [0.5, 0.6) is 0 Å². The van der Waals surface area contributed by atoms with Crippen molar-refractivity contribution < 1.29 is 40.7 Å². The SMILES string of the molecule is Cc1nc(CC(N)=O)nc(C)c1-c1cc(F)c(COCC(F)F)c(N2CCC3(CC2)N=C(c2ccc(C(F)(F)F)nc2C2CC2)NC3=O)c1. The monoisotopic (exact) mass is 689 g/mol. The van der Waals surface area contributed by atoms with Crippen LogP contribution in [0, 0.1) is 19.7 Å². The zero-order chi connectivity index (χ0) is 35.2. The van der Waals surface area contributed by atoms with E-state index in [2.05, 4.69) is 20.3 Å². The van der Waals surface area contributed by atoms with Gasteiger partial charge in [0, 0.05) is 52.8 Å². The minimum Gasteiger partial charge on any atom is -0.371 e. The number of halogens is 6. The highest BCUT2D eigenvalue weighted by Crippen LogP contribution is 2.43. The van der Waals surface area contributed by atoms with E-state index in [9.17, 15) is 31.5 Å². The van der Waals surface area contributed by atoms with Crippen molar-refractivity contribution >= 4 is 23.3 Å². The molecule has 2 aromatic heterocycles. The number of aromatic nitrogens is 3. The summed E-state index contributed by atoms with van der Waals surface area (Å²) < 4.78 is 87.0. The van der Waals surface area contributed by atoms with E-state index in [0.717, 1.165) is 6.07 Å². The smallest absolute Gasteiger partial charge is 0.371 e. The maximum atomic E-state index is 15.8. The summed E-state index contributed by atoms with van der Waals surface area (Å²) in [7, 11) is 0. The number of amidine groups is 1. The first-order chi connectivity index (χ1) is 23.1. The Morgan fingerprint density at radius 1 is 1.10 bits per heavy atom. The molecule has 0 bridgehead atoms. The number of amides is 2. The number of nitrogens with two attached hydrogens (primary N) is 1. The zero-order valence-electron chi connectivity index (χ0n) is 26.6. The molecule has 2 fully saturated rings. The van der Waals surface area contributed by atoms with E-state index in [4.69, 9.17) is 15.5 Å². The Morgan fingerprint density at radius 2 is 1.78 bits per heavy atom. The number of carbonyl (C=O) groups excluding carboxylic acids is 2. The van der Waals surface area contributed by atoms with Crippen LogP contribution in [0.1, 0.15) is 71.3 Å². The fourth-order valence-corrected chi connectivity index (χ4v) is 6.48. The first-order valence-corrected chi connectivity index (χ1v) is 15.7. The van der Waals surface area contributed by atoms with Crippen LogP contribution in [-0.2, 0) is 33.5 Å². The van der Waals surface area contributed by atoms with Crippen molar-refractivity contribution in [2.24, 2.45) is 10.7 Å². The summed E-state index contributed by atoms with van der Waals surface area (Å²) in [6.45, 7) is 2.46. The van der Waals surface area contributed by atoms with Crippen LogP contribution in [0.3, 0.4) is 0 Å². The van der Waals surface area contributed by atoms with Gasteiger partial charge in [-0.2, -0.15) is 13.2 Å². The zero-order valence-corrected chi connectivity index (χ0v) is 26.6. The van der Waals surface area contributed by atoms with E-state index in [1.54, 1.807) is 19.9 Å². The molecule has 6 rings (SSSR count). The van der Waals surface area contributed by atoms with Gasteiger partial charge in [0.25, 0.3) is 12.3 Å². The predicted octanol–water partition coefficient (Wildman–Crippen LogP) is 4.92. The van der Waals surface area contributed by atoms with E-state index < -0.39 is 54.7 Å². The third-order valence-corrected chi connectivity index (χ3v) is 8.95. The van der Waals surface area contributed by atoms with Gasteiger partial charge in [-0.1, -0.05) is 0 Å². The Hall–Kier alpha value is -4.60. The van der Waals surface area contributed by atoms with E-state index >= 15 is 4.39 Å². The molecular weight excluding hydrogens is 656 g/mol. The molecule has 0 radical (unpaired) electrons. The number of nitrogens with one attached hydrogen (secondary N) is 1. The first-order valence-electron chi connectivity index (χ1n) is 15.7. The molecular formula is C33H33F6N7O3. The average molecular weight is 690 g/mol. The number of pyridine rings is 1. The third kappa shape index (κ3) is 7.09. The Labute approximate surface area is 277 Å². The highest BCUT2D eigenvalue weighted by molar-refractivity contribution is 6.16. The molecule has 1 aliphatic carbocycles. The van der Waals surface area contributed by atoms with Gasteiger partial charge in [-0.15, -0.1) is 0 Å². The number of hydrogen-bond acceptors (Lipinski definition) is 8. The van der Waals surface area contributed by atoms with Crippen molar-refractivity contribution in [3.63, 3.8) is 0 Å². The van der Waals surface area contributed by atoms with Gasteiger partial charge < -0.3 is 20.7 Å². The minimum atomic E-state index is -4.62. The fraction of sp³-hybridized carbons (Fsp3) is 0.455. The summed E-state index contributed by atoms with van der Waals surface area (Å²) in [5.74, 6) is -1.48. The number of aryl methyl sites for hydroxylation is 2. The summed E-state index contributed by atoms with van der Waals surface area (Å²) in [6.07, 6.45) is -5.81. The van der Waals surface area contributed by atoms with Crippen molar-refractivity contribution in [2.45, 2.75) is 76.6 Å². The number of anilines is 1.